The zero-order valence-corrected chi connectivity index (χ0v) is 12.8. The second-order valence-corrected chi connectivity index (χ2v) is 4.99. The Balaban J connectivity index is 2.06. The molecule has 0 aliphatic heterocycles. The Kier molecular flexibility index (Phi) is 5.14. The lowest BCUT2D eigenvalue weighted by atomic mass is 10.2. The van der Waals surface area contributed by atoms with E-state index in [1.165, 1.54) is 0 Å². The third-order valence-corrected chi connectivity index (χ3v) is 3.08. The maximum absolute atomic E-state index is 12.2. The standard InChI is InChI=1S/C17H20N4O/c1-4-10-18-14-9-11-19-16(12-14)17(22)20-13-5-7-15(8-6-13)21(2)3/h4-9,11-12H,1,10H2,2-3H3,(H,18,19)(H,20,22). The van der Waals surface area contributed by atoms with Gasteiger partial charge in [0.25, 0.3) is 5.91 Å². The fraction of sp³-hybridized carbons (Fsp3) is 0.176. The van der Waals surface area contributed by atoms with Crippen LogP contribution >= 0.6 is 0 Å². The molecule has 0 atom stereocenters. The van der Waals surface area contributed by atoms with Crippen molar-refractivity contribution in [2.45, 2.75) is 0 Å². The normalized spacial score (nSPS) is 9.91. The monoisotopic (exact) mass is 296 g/mol. The molecular weight excluding hydrogens is 276 g/mol. The molecule has 5 heteroatoms. The van der Waals surface area contributed by atoms with Crippen LogP contribution in [0.3, 0.4) is 0 Å². The van der Waals surface area contributed by atoms with Crippen molar-refractivity contribution in [1.82, 2.24) is 4.98 Å². The van der Waals surface area contributed by atoms with Crippen molar-refractivity contribution in [3.63, 3.8) is 0 Å². The van der Waals surface area contributed by atoms with Crippen molar-refractivity contribution in [2.24, 2.45) is 0 Å². The average molecular weight is 296 g/mol. The zero-order chi connectivity index (χ0) is 15.9. The van der Waals surface area contributed by atoms with E-state index in [1.807, 2.05) is 49.3 Å². The van der Waals surface area contributed by atoms with E-state index >= 15 is 0 Å². The molecule has 0 unspecified atom stereocenters. The first-order valence-electron chi connectivity index (χ1n) is 6.99. The van der Waals surface area contributed by atoms with Crippen LogP contribution in [0.25, 0.3) is 0 Å². The number of carbonyl (C=O) groups is 1. The van der Waals surface area contributed by atoms with Gasteiger partial charge < -0.3 is 15.5 Å². The van der Waals surface area contributed by atoms with Crippen LogP contribution in [0.2, 0.25) is 0 Å². The minimum atomic E-state index is -0.236. The molecule has 114 valence electrons. The topological polar surface area (TPSA) is 57.3 Å². The molecule has 5 nitrogen and oxygen atoms in total. The number of amides is 1. The summed E-state index contributed by atoms with van der Waals surface area (Å²) in [6.07, 6.45) is 3.36. The van der Waals surface area contributed by atoms with Crippen molar-refractivity contribution in [2.75, 3.05) is 36.2 Å². The van der Waals surface area contributed by atoms with E-state index in [2.05, 4.69) is 22.2 Å². The molecule has 0 saturated heterocycles. The summed E-state index contributed by atoms with van der Waals surface area (Å²) in [5.74, 6) is -0.236. The number of carbonyl (C=O) groups excluding carboxylic acids is 1. The minimum Gasteiger partial charge on any atom is -0.381 e. The van der Waals surface area contributed by atoms with Gasteiger partial charge in [-0.3, -0.25) is 9.78 Å². The molecule has 2 rings (SSSR count). The van der Waals surface area contributed by atoms with Crippen molar-refractivity contribution < 1.29 is 4.79 Å². The molecule has 1 heterocycles. The summed E-state index contributed by atoms with van der Waals surface area (Å²) in [7, 11) is 3.94. The van der Waals surface area contributed by atoms with E-state index in [0.717, 1.165) is 17.1 Å². The molecule has 2 N–H and O–H groups in total. The average Bonchev–Trinajstić information content (AvgIpc) is 2.53. The number of rotatable bonds is 6. The van der Waals surface area contributed by atoms with Gasteiger partial charge in [-0.25, -0.2) is 0 Å². The highest BCUT2D eigenvalue weighted by Gasteiger charge is 2.08. The third-order valence-electron chi connectivity index (χ3n) is 3.08. The second kappa shape index (κ2) is 7.26. The van der Waals surface area contributed by atoms with Crippen LogP contribution in [0, 0.1) is 0 Å². The predicted molar refractivity (Wildman–Crippen MR) is 91.6 cm³/mol. The SMILES string of the molecule is C=CCNc1ccnc(C(=O)Nc2ccc(N(C)C)cc2)c1. The summed E-state index contributed by atoms with van der Waals surface area (Å²) < 4.78 is 0. The highest BCUT2D eigenvalue weighted by atomic mass is 16.1. The lowest BCUT2D eigenvalue weighted by Gasteiger charge is -2.13. The molecule has 0 bridgehead atoms. The van der Waals surface area contributed by atoms with Crippen LogP contribution < -0.4 is 15.5 Å². The van der Waals surface area contributed by atoms with Crippen molar-refractivity contribution in [3.05, 3.63) is 60.9 Å². The summed E-state index contributed by atoms with van der Waals surface area (Å²) in [6, 6.07) is 11.2. The Morgan fingerprint density at radius 2 is 1.95 bits per heavy atom. The molecule has 0 spiro atoms. The Morgan fingerprint density at radius 1 is 1.23 bits per heavy atom. The van der Waals surface area contributed by atoms with Crippen molar-refractivity contribution in [3.8, 4) is 0 Å². The van der Waals surface area contributed by atoms with Gasteiger partial charge in [0.15, 0.2) is 0 Å². The molecule has 0 aliphatic carbocycles. The predicted octanol–water partition coefficient (Wildman–Crippen LogP) is 3.00. The lowest BCUT2D eigenvalue weighted by molar-refractivity contribution is 0.102. The summed E-state index contributed by atoms with van der Waals surface area (Å²) in [4.78, 5) is 18.3. The fourth-order valence-electron chi connectivity index (χ4n) is 1.89. The molecule has 0 saturated carbocycles. The van der Waals surface area contributed by atoms with Gasteiger partial charge in [-0.15, -0.1) is 6.58 Å². The van der Waals surface area contributed by atoms with Gasteiger partial charge in [0.1, 0.15) is 5.69 Å². The van der Waals surface area contributed by atoms with Gasteiger partial charge in [0, 0.05) is 43.9 Å². The van der Waals surface area contributed by atoms with Crippen LogP contribution in [-0.4, -0.2) is 31.5 Å². The van der Waals surface area contributed by atoms with Crippen LogP contribution in [-0.2, 0) is 0 Å². The van der Waals surface area contributed by atoms with Crippen LogP contribution in [0.15, 0.2) is 55.3 Å². The van der Waals surface area contributed by atoms with Gasteiger partial charge >= 0.3 is 0 Å². The lowest BCUT2D eigenvalue weighted by Crippen LogP contribution is -2.14. The van der Waals surface area contributed by atoms with E-state index in [9.17, 15) is 4.79 Å². The summed E-state index contributed by atoms with van der Waals surface area (Å²) in [5, 5.41) is 5.97. The van der Waals surface area contributed by atoms with Gasteiger partial charge in [-0.1, -0.05) is 6.08 Å². The van der Waals surface area contributed by atoms with E-state index in [1.54, 1.807) is 18.3 Å². The minimum absolute atomic E-state index is 0.236. The highest BCUT2D eigenvalue weighted by Crippen LogP contribution is 2.16. The highest BCUT2D eigenvalue weighted by molar-refractivity contribution is 6.03. The Labute approximate surface area is 130 Å². The number of nitrogens with zero attached hydrogens (tertiary/aromatic N) is 2. The Bertz CT molecular complexity index is 650. The number of pyridine rings is 1. The number of anilines is 3. The van der Waals surface area contributed by atoms with E-state index in [0.29, 0.717) is 12.2 Å². The van der Waals surface area contributed by atoms with E-state index < -0.39 is 0 Å². The molecule has 2 aromatic rings. The van der Waals surface area contributed by atoms with E-state index in [4.69, 9.17) is 0 Å². The number of benzene rings is 1. The first-order valence-corrected chi connectivity index (χ1v) is 6.99. The first kappa shape index (κ1) is 15.6. The molecule has 22 heavy (non-hydrogen) atoms. The smallest absolute Gasteiger partial charge is 0.274 e. The van der Waals surface area contributed by atoms with Crippen LogP contribution in [0.5, 0.6) is 0 Å². The zero-order valence-electron chi connectivity index (χ0n) is 12.8. The second-order valence-electron chi connectivity index (χ2n) is 4.99. The van der Waals surface area contributed by atoms with Gasteiger partial charge in [0.05, 0.1) is 0 Å². The van der Waals surface area contributed by atoms with Crippen molar-refractivity contribution >= 4 is 23.0 Å². The molecular formula is C17H20N4O. The molecule has 0 fully saturated rings. The summed E-state index contributed by atoms with van der Waals surface area (Å²) >= 11 is 0. The Morgan fingerprint density at radius 3 is 2.59 bits per heavy atom. The van der Waals surface area contributed by atoms with Gasteiger partial charge in [-0.2, -0.15) is 0 Å². The molecule has 1 aromatic carbocycles. The largest absolute Gasteiger partial charge is 0.381 e. The fourth-order valence-corrected chi connectivity index (χ4v) is 1.89. The van der Waals surface area contributed by atoms with Crippen molar-refractivity contribution in [1.29, 1.82) is 0 Å². The maximum Gasteiger partial charge on any atom is 0.274 e. The summed E-state index contributed by atoms with van der Waals surface area (Å²) in [5.41, 5.74) is 3.02. The number of nitrogens with one attached hydrogen (secondary N) is 2. The third kappa shape index (κ3) is 4.09. The molecule has 1 amide bonds. The number of hydrogen-bond acceptors (Lipinski definition) is 4. The number of hydrogen-bond donors (Lipinski definition) is 2. The molecule has 1 aromatic heterocycles. The quantitative estimate of drug-likeness (QED) is 0.805. The van der Waals surface area contributed by atoms with Gasteiger partial charge in [-0.05, 0) is 36.4 Å². The van der Waals surface area contributed by atoms with E-state index in [-0.39, 0.29) is 5.91 Å². The first-order chi connectivity index (χ1) is 10.6. The Hall–Kier alpha value is -2.82. The van der Waals surface area contributed by atoms with Crippen LogP contribution in [0.1, 0.15) is 10.5 Å². The summed E-state index contributed by atoms with van der Waals surface area (Å²) in [6.45, 7) is 4.28. The number of aromatic nitrogens is 1. The maximum atomic E-state index is 12.2. The molecule has 0 aliphatic rings. The molecule has 0 radical (unpaired) electrons. The van der Waals surface area contributed by atoms with Crippen LogP contribution in [0.4, 0.5) is 17.1 Å². The van der Waals surface area contributed by atoms with Gasteiger partial charge in [0.2, 0.25) is 0 Å².